The number of thioether (sulfide) groups is 1. The van der Waals surface area contributed by atoms with Gasteiger partial charge in [0.1, 0.15) is 5.75 Å². The summed E-state index contributed by atoms with van der Waals surface area (Å²) in [4.78, 5) is 30.0. The van der Waals surface area contributed by atoms with Crippen LogP contribution in [0.4, 0.5) is 0 Å². The SMILES string of the molecule is COc1ccc(C(C)=O)cc1CSc1nc2ccccc2c(=O)n1-c1ccc(C)cc1. The van der Waals surface area contributed by atoms with Gasteiger partial charge >= 0.3 is 0 Å². The Morgan fingerprint density at radius 3 is 2.52 bits per heavy atom. The Labute approximate surface area is 184 Å². The molecule has 0 spiro atoms. The molecule has 156 valence electrons. The highest BCUT2D eigenvalue weighted by atomic mass is 32.2. The third-order valence-corrected chi connectivity index (χ3v) is 6.07. The molecule has 0 aliphatic heterocycles. The Morgan fingerprint density at radius 2 is 1.81 bits per heavy atom. The van der Waals surface area contributed by atoms with Crippen molar-refractivity contribution in [3.63, 3.8) is 0 Å². The van der Waals surface area contributed by atoms with E-state index in [0.29, 0.717) is 33.1 Å². The maximum absolute atomic E-state index is 13.4. The molecule has 1 heterocycles. The minimum Gasteiger partial charge on any atom is -0.496 e. The first-order valence-electron chi connectivity index (χ1n) is 9.87. The number of nitrogens with zero attached hydrogens (tertiary/aromatic N) is 2. The number of hydrogen-bond donors (Lipinski definition) is 0. The topological polar surface area (TPSA) is 61.2 Å². The molecule has 1 aromatic heterocycles. The average Bonchev–Trinajstić information content (AvgIpc) is 2.78. The Hall–Kier alpha value is -3.38. The van der Waals surface area contributed by atoms with Crippen LogP contribution < -0.4 is 10.3 Å². The summed E-state index contributed by atoms with van der Waals surface area (Å²) in [5.74, 6) is 1.19. The smallest absolute Gasteiger partial charge is 0.266 e. The third kappa shape index (κ3) is 4.25. The first-order valence-corrected chi connectivity index (χ1v) is 10.9. The molecule has 4 aromatic rings. The fourth-order valence-corrected chi connectivity index (χ4v) is 4.37. The fraction of sp³-hybridized carbons (Fsp3) is 0.160. The summed E-state index contributed by atoms with van der Waals surface area (Å²) >= 11 is 1.44. The lowest BCUT2D eigenvalue weighted by molar-refractivity contribution is 0.101. The van der Waals surface area contributed by atoms with Crippen LogP contribution in [0.15, 0.2) is 76.7 Å². The molecule has 3 aromatic carbocycles. The van der Waals surface area contributed by atoms with E-state index >= 15 is 0 Å². The van der Waals surface area contributed by atoms with Crippen LogP contribution in [-0.4, -0.2) is 22.4 Å². The first kappa shape index (κ1) is 20.9. The van der Waals surface area contributed by atoms with Crippen molar-refractivity contribution in [2.24, 2.45) is 0 Å². The number of hydrogen-bond acceptors (Lipinski definition) is 5. The quantitative estimate of drug-likeness (QED) is 0.239. The molecule has 5 nitrogen and oxygen atoms in total. The van der Waals surface area contributed by atoms with Crippen LogP contribution in [0.5, 0.6) is 5.75 Å². The highest BCUT2D eigenvalue weighted by molar-refractivity contribution is 7.98. The minimum atomic E-state index is -0.110. The first-order chi connectivity index (χ1) is 15.0. The molecule has 4 rings (SSSR count). The second-order valence-electron chi connectivity index (χ2n) is 7.26. The molecule has 0 bridgehead atoms. The summed E-state index contributed by atoms with van der Waals surface area (Å²) in [5.41, 5.74) is 3.92. The Kier molecular flexibility index (Phi) is 5.91. The van der Waals surface area contributed by atoms with Gasteiger partial charge in [-0.25, -0.2) is 4.98 Å². The lowest BCUT2D eigenvalue weighted by Gasteiger charge is -2.14. The zero-order chi connectivity index (χ0) is 22.0. The molecule has 0 atom stereocenters. The van der Waals surface area contributed by atoms with Gasteiger partial charge in [0.15, 0.2) is 10.9 Å². The van der Waals surface area contributed by atoms with Gasteiger partial charge in [0.25, 0.3) is 5.56 Å². The summed E-state index contributed by atoms with van der Waals surface area (Å²) in [6.45, 7) is 3.55. The number of methoxy groups -OCH3 is 1. The number of benzene rings is 3. The Morgan fingerprint density at radius 1 is 1.06 bits per heavy atom. The second-order valence-corrected chi connectivity index (χ2v) is 8.20. The van der Waals surface area contributed by atoms with E-state index in [9.17, 15) is 9.59 Å². The Bertz CT molecular complexity index is 1330. The predicted molar refractivity (Wildman–Crippen MR) is 125 cm³/mol. The van der Waals surface area contributed by atoms with Crippen molar-refractivity contribution < 1.29 is 9.53 Å². The summed E-state index contributed by atoms with van der Waals surface area (Å²) in [6.07, 6.45) is 0. The van der Waals surface area contributed by atoms with Crippen LogP contribution >= 0.6 is 11.8 Å². The van der Waals surface area contributed by atoms with E-state index in [1.807, 2.05) is 55.5 Å². The number of aromatic nitrogens is 2. The van der Waals surface area contributed by atoms with Crippen LogP contribution in [0.3, 0.4) is 0 Å². The van der Waals surface area contributed by atoms with Gasteiger partial charge < -0.3 is 4.74 Å². The summed E-state index contributed by atoms with van der Waals surface area (Å²) in [6, 6.07) is 20.6. The molecule has 0 unspecified atom stereocenters. The van der Waals surface area contributed by atoms with Crippen LogP contribution in [0, 0.1) is 6.92 Å². The summed E-state index contributed by atoms with van der Waals surface area (Å²) < 4.78 is 7.12. The van der Waals surface area contributed by atoms with Gasteiger partial charge in [0, 0.05) is 16.9 Å². The summed E-state index contributed by atoms with van der Waals surface area (Å²) in [7, 11) is 1.60. The molecular formula is C25H22N2O3S. The summed E-state index contributed by atoms with van der Waals surface area (Å²) in [5, 5.41) is 1.16. The van der Waals surface area contributed by atoms with Gasteiger partial charge in [0.2, 0.25) is 0 Å². The highest BCUT2D eigenvalue weighted by Crippen LogP contribution is 2.29. The van der Waals surface area contributed by atoms with Gasteiger partial charge in [-0.05, 0) is 56.3 Å². The number of Topliss-reactive ketones (excluding diaryl/α,β-unsaturated/α-hetero) is 1. The van der Waals surface area contributed by atoms with Gasteiger partial charge in [-0.2, -0.15) is 0 Å². The van der Waals surface area contributed by atoms with Gasteiger partial charge in [-0.15, -0.1) is 0 Å². The number of carbonyl (C=O) groups excluding carboxylic acids is 1. The molecule has 0 radical (unpaired) electrons. The van der Waals surface area contributed by atoms with E-state index < -0.39 is 0 Å². The van der Waals surface area contributed by atoms with Crippen LogP contribution in [-0.2, 0) is 5.75 Å². The number of aryl methyl sites for hydroxylation is 1. The largest absolute Gasteiger partial charge is 0.496 e. The van der Waals surface area contributed by atoms with Crippen molar-refractivity contribution in [3.8, 4) is 11.4 Å². The van der Waals surface area contributed by atoms with Gasteiger partial charge in [-0.1, -0.05) is 41.6 Å². The lowest BCUT2D eigenvalue weighted by atomic mass is 10.1. The van der Waals surface area contributed by atoms with Crippen molar-refractivity contribution in [1.29, 1.82) is 0 Å². The second kappa shape index (κ2) is 8.78. The lowest BCUT2D eigenvalue weighted by Crippen LogP contribution is -2.21. The van der Waals surface area contributed by atoms with E-state index in [0.717, 1.165) is 16.8 Å². The zero-order valence-electron chi connectivity index (χ0n) is 17.6. The molecule has 0 aliphatic carbocycles. The van der Waals surface area contributed by atoms with Gasteiger partial charge in [0.05, 0.1) is 23.7 Å². The number of para-hydroxylation sites is 1. The standard InChI is InChI=1S/C25H22N2O3S/c1-16-8-11-20(12-9-16)27-24(29)21-6-4-5-7-22(21)26-25(27)31-15-19-14-18(17(2)28)10-13-23(19)30-3/h4-14H,15H2,1-3H3. The van der Waals surface area contributed by atoms with Crippen molar-refractivity contribution in [2.75, 3.05) is 7.11 Å². The fourth-order valence-electron chi connectivity index (χ4n) is 3.38. The number of ketones is 1. The van der Waals surface area contributed by atoms with E-state index in [4.69, 9.17) is 9.72 Å². The maximum Gasteiger partial charge on any atom is 0.266 e. The molecular weight excluding hydrogens is 408 g/mol. The molecule has 31 heavy (non-hydrogen) atoms. The molecule has 0 saturated carbocycles. The van der Waals surface area contributed by atoms with Crippen LogP contribution in [0.2, 0.25) is 0 Å². The molecule has 6 heteroatoms. The maximum atomic E-state index is 13.4. The predicted octanol–water partition coefficient (Wildman–Crippen LogP) is 5.20. The van der Waals surface area contributed by atoms with Crippen molar-refractivity contribution in [1.82, 2.24) is 9.55 Å². The highest BCUT2D eigenvalue weighted by Gasteiger charge is 2.15. The monoisotopic (exact) mass is 430 g/mol. The molecule has 0 aliphatic rings. The van der Waals surface area contributed by atoms with E-state index in [2.05, 4.69) is 0 Å². The number of carbonyl (C=O) groups is 1. The van der Waals surface area contributed by atoms with Crippen molar-refractivity contribution in [2.45, 2.75) is 24.8 Å². The van der Waals surface area contributed by atoms with Crippen molar-refractivity contribution in [3.05, 3.63) is 93.8 Å². The van der Waals surface area contributed by atoms with Gasteiger partial charge in [-0.3, -0.25) is 14.2 Å². The van der Waals surface area contributed by atoms with E-state index in [1.54, 1.807) is 36.8 Å². The molecule has 0 amide bonds. The van der Waals surface area contributed by atoms with Crippen molar-refractivity contribution >= 4 is 28.4 Å². The minimum absolute atomic E-state index is 0.00528. The van der Waals surface area contributed by atoms with E-state index in [-0.39, 0.29) is 11.3 Å². The Balaban J connectivity index is 1.81. The average molecular weight is 431 g/mol. The number of fused-ring (bicyclic) bond motifs is 1. The molecule has 0 fully saturated rings. The number of ether oxygens (including phenoxy) is 1. The zero-order valence-corrected chi connectivity index (χ0v) is 18.4. The van der Waals surface area contributed by atoms with E-state index in [1.165, 1.54) is 11.8 Å². The van der Waals surface area contributed by atoms with Crippen LogP contribution in [0.1, 0.15) is 28.4 Å². The molecule has 0 N–H and O–H groups in total. The number of rotatable bonds is 6. The molecule has 0 saturated heterocycles. The normalized spacial score (nSPS) is 10.9. The van der Waals surface area contributed by atoms with Crippen LogP contribution in [0.25, 0.3) is 16.6 Å². The third-order valence-electron chi connectivity index (χ3n) is 5.08.